The Labute approximate surface area is 119 Å². The van der Waals surface area contributed by atoms with Gasteiger partial charge in [-0.15, -0.1) is 11.3 Å². The van der Waals surface area contributed by atoms with Gasteiger partial charge < -0.3 is 15.3 Å². The Kier molecular flexibility index (Phi) is 4.33. The van der Waals surface area contributed by atoms with E-state index in [0.29, 0.717) is 18.0 Å². The van der Waals surface area contributed by atoms with Gasteiger partial charge in [0.2, 0.25) is 11.8 Å². The van der Waals surface area contributed by atoms with Crippen LogP contribution in [-0.4, -0.2) is 46.4 Å². The van der Waals surface area contributed by atoms with Crippen LogP contribution in [0.4, 0.5) is 0 Å². The molecule has 0 bridgehead atoms. The fourth-order valence-electron chi connectivity index (χ4n) is 1.96. The number of piperidine rings is 1. The Balaban J connectivity index is 1.85. The van der Waals surface area contributed by atoms with Gasteiger partial charge in [0, 0.05) is 31.3 Å². The van der Waals surface area contributed by atoms with Crippen molar-refractivity contribution in [1.29, 1.82) is 0 Å². The van der Waals surface area contributed by atoms with Gasteiger partial charge in [-0.3, -0.25) is 9.59 Å². The quantitative estimate of drug-likeness (QED) is 0.834. The molecule has 1 unspecified atom stereocenters. The lowest BCUT2D eigenvalue weighted by atomic mass is 9.96. The van der Waals surface area contributed by atoms with Gasteiger partial charge in [0.25, 0.3) is 0 Å². The monoisotopic (exact) mass is 297 g/mol. The lowest BCUT2D eigenvalue weighted by Gasteiger charge is -2.27. The van der Waals surface area contributed by atoms with E-state index in [1.165, 1.54) is 16.7 Å². The van der Waals surface area contributed by atoms with E-state index in [-0.39, 0.29) is 36.4 Å². The summed E-state index contributed by atoms with van der Waals surface area (Å²) in [6.45, 7) is 0.772. The largest absolute Gasteiger partial charge is 0.476 e. The number of carboxylic acids is 1. The van der Waals surface area contributed by atoms with E-state index in [4.69, 9.17) is 5.11 Å². The zero-order valence-corrected chi connectivity index (χ0v) is 11.8. The first-order valence-electron chi connectivity index (χ1n) is 6.16. The zero-order valence-electron chi connectivity index (χ0n) is 11.0. The highest BCUT2D eigenvalue weighted by molar-refractivity contribution is 7.09. The van der Waals surface area contributed by atoms with Crippen LogP contribution in [0.15, 0.2) is 5.38 Å². The lowest BCUT2D eigenvalue weighted by Crippen LogP contribution is -2.41. The molecule has 1 aromatic heterocycles. The Bertz CT molecular complexity index is 543. The van der Waals surface area contributed by atoms with Crippen LogP contribution in [0, 0.1) is 5.92 Å². The lowest BCUT2D eigenvalue weighted by molar-refractivity contribution is -0.139. The van der Waals surface area contributed by atoms with Crippen LogP contribution in [0.3, 0.4) is 0 Å². The summed E-state index contributed by atoms with van der Waals surface area (Å²) in [5, 5.41) is 13.4. The van der Waals surface area contributed by atoms with Crippen LogP contribution >= 0.6 is 11.3 Å². The van der Waals surface area contributed by atoms with E-state index < -0.39 is 5.97 Å². The molecule has 0 aliphatic carbocycles. The fourth-order valence-corrected chi connectivity index (χ4v) is 2.67. The average Bonchev–Trinajstić information content (AvgIpc) is 2.88. The Morgan fingerprint density at radius 3 is 2.95 bits per heavy atom. The summed E-state index contributed by atoms with van der Waals surface area (Å²) in [5.74, 6) is -1.60. The molecule has 1 fully saturated rings. The van der Waals surface area contributed by atoms with E-state index >= 15 is 0 Å². The van der Waals surface area contributed by atoms with E-state index in [2.05, 4.69) is 10.3 Å². The predicted molar refractivity (Wildman–Crippen MR) is 71.3 cm³/mol. The maximum absolute atomic E-state index is 11.9. The highest BCUT2D eigenvalue weighted by atomic mass is 32.1. The molecule has 8 heteroatoms. The summed E-state index contributed by atoms with van der Waals surface area (Å²) >= 11 is 1.19. The number of nitrogens with zero attached hydrogens (tertiary/aromatic N) is 2. The Morgan fingerprint density at radius 2 is 2.35 bits per heavy atom. The molecule has 1 aliphatic rings. The van der Waals surface area contributed by atoms with Crippen LogP contribution in [0.2, 0.25) is 0 Å². The van der Waals surface area contributed by atoms with Gasteiger partial charge in [0.05, 0.1) is 6.54 Å². The molecule has 1 aromatic rings. The highest BCUT2D eigenvalue weighted by Crippen LogP contribution is 2.17. The fraction of sp³-hybridized carbons (Fsp3) is 0.500. The number of hydrogen-bond donors (Lipinski definition) is 2. The van der Waals surface area contributed by atoms with Gasteiger partial charge in [-0.25, -0.2) is 9.78 Å². The highest BCUT2D eigenvalue weighted by Gasteiger charge is 2.28. The Hall–Kier alpha value is -1.96. The second-order valence-corrected chi connectivity index (χ2v) is 5.60. The van der Waals surface area contributed by atoms with E-state index in [9.17, 15) is 14.4 Å². The molecule has 2 amide bonds. The second-order valence-electron chi connectivity index (χ2n) is 4.65. The van der Waals surface area contributed by atoms with Crippen molar-refractivity contribution < 1.29 is 19.5 Å². The summed E-state index contributed by atoms with van der Waals surface area (Å²) in [7, 11) is 1.72. The third kappa shape index (κ3) is 3.32. The molecule has 2 rings (SSSR count). The van der Waals surface area contributed by atoms with Gasteiger partial charge in [-0.05, 0) is 6.42 Å². The molecule has 0 radical (unpaired) electrons. The average molecular weight is 297 g/mol. The second kappa shape index (κ2) is 6.00. The standard InChI is InChI=1S/C12H15N3O4S/c1-15-3-2-7(4-10(15)16)11(17)13-5-9-14-8(6-20-9)12(18)19/h6-7H,2-5H2,1H3,(H,13,17)(H,18,19). The zero-order chi connectivity index (χ0) is 14.7. The minimum Gasteiger partial charge on any atom is -0.476 e. The molecule has 1 saturated heterocycles. The molecular weight excluding hydrogens is 282 g/mol. The topological polar surface area (TPSA) is 99.6 Å². The van der Waals surface area contributed by atoms with E-state index in [1.54, 1.807) is 11.9 Å². The van der Waals surface area contributed by atoms with Gasteiger partial charge in [0.1, 0.15) is 5.01 Å². The van der Waals surface area contributed by atoms with Crippen molar-refractivity contribution in [2.24, 2.45) is 5.92 Å². The third-order valence-corrected chi connectivity index (χ3v) is 4.06. The minimum absolute atomic E-state index is 0.0197. The molecule has 1 atom stereocenters. The SMILES string of the molecule is CN1CCC(C(=O)NCc2nc(C(=O)O)cs2)CC1=O. The third-order valence-electron chi connectivity index (χ3n) is 3.22. The minimum atomic E-state index is -1.08. The molecule has 0 spiro atoms. The van der Waals surface area contributed by atoms with E-state index in [1.807, 2.05) is 0 Å². The molecule has 2 N–H and O–H groups in total. The summed E-state index contributed by atoms with van der Waals surface area (Å²) in [4.78, 5) is 39.7. The van der Waals surface area contributed by atoms with Gasteiger partial charge in [-0.2, -0.15) is 0 Å². The number of aromatic nitrogens is 1. The Morgan fingerprint density at radius 1 is 1.60 bits per heavy atom. The summed E-state index contributed by atoms with van der Waals surface area (Å²) in [6.07, 6.45) is 0.868. The van der Waals surface area contributed by atoms with Crippen molar-refractivity contribution in [3.8, 4) is 0 Å². The van der Waals surface area contributed by atoms with E-state index in [0.717, 1.165) is 0 Å². The number of likely N-dealkylation sites (tertiary alicyclic amines) is 1. The maximum atomic E-state index is 11.9. The number of nitrogens with one attached hydrogen (secondary N) is 1. The molecule has 2 heterocycles. The van der Waals surface area contributed by atoms with Crippen LogP contribution < -0.4 is 5.32 Å². The number of carboxylic acid groups (broad SMARTS) is 1. The number of rotatable bonds is 4. The van der Waals surface area contributed by atoms with Crippen molar-refractivity contribution in [3.05, 3.63) is 16.1 Å². The summed E-state index contributed by atoms with van der Waals surface area (Å²) < 4.78 is 0. The van der Waals surface area contributed by atoms with Crippen LogP contribution in [0.25, 0.3) is 0 Å². The van der Waals surface area contributed by atoms with Crippen LogP contribution in [-0.2, 0) is 16.1 Å². The van der Waals surface area contributed by atoms with Crippen LogP contribution in [0.5, 0.6) is 0 Å². The number of hydrogen-bond acceptors (Lipinski definition) is 5. The van der Waals surface area contributed by atoms with Crippen LogP contribution in [0.1, 0.15) is 28.3 Å². The molecular formula is C12H15N3O4S. The first-order chi connectivity index (χ1) is 9.47. The number of aromatic carboxylic acids is 1. The molecule has 1 aliphatic heterocycles. The molecule has 7 nitrogen and oxygen atoms in total. The number of carbonyl (C=O) groups excluding carboxylic acids is 2. The van der Waals surface area contributed by atoms with Crippen molar-refractivity contribution in [2.45, 2.75) is 19.4 Å². The maximum Gasteiger partial charge on any atom is 0.355 e. The number of amides is 2. The normalized spacial score (nSPS) is 18.9. The number of thiazole rings is 1. The van der Waals surface area contributed by atoms with Gasteiger partial charge >= 0.3 is 5.97 Å². The van der Waals surface area contributed by atoms with Crippen molar-refractivity contribution >= 4 is 29.1 Å². The van der Waals surface area contributed by atoms with Gasteiger partial charge in [-0.1, -0.05) is 0 Å². The summed E-state index contributed by atoms with van der Waals surface area (Å²) in [5.41, 5.74) is -0.0197. The first-order valence-corrected chi connectivity index (χ1v) is 7.04. The predicted octanol–water partition coefficient (Wildman–Crippen LogP) is 0.326. The molecule has 0 aromatic carbocycles. The first kappa shape index (κ1) is 14.4. The van der Waals surface area contributed by atoms with Gasteiger partial charge in [0.15, 0.2) is 5.69 Å². The smallest absolute Gasteiger partial charge is 0.355 e. The molecule has 0 saturated carbocycles. The molecule has 108 valence electrons. The summed E-state index contributed by atoms with van der Waals surface area (Å²) in [6, 6.07) is 0. The van der Waals surface area contributed by atoms with Crippen molar-refractivity contribution in [2.75, 3.05) is 13.6 Å². The molecule has 20 heavy (non-hydrogen) atoms. The number of carbonyl (C=O) groups is 3. The van der Waals surface area contributed by atoms with Crippen molar-refractivity contribution in [3.63, 3.8) is 0 Å². The van der Waals surface area contributed by atoms with Crippen molar-refractivity contribution in [1.82, 2.24) is 15.2 Å².